The number of hydrogen-bond donors (Lipinski definition) is 18. The smallest absolute Gasteiger partial charge is 0.243 e. The van der Waals surface area contributed by atoms with Crippen LogP contribution in [0.5, 0.6) is 0 Å². The van der Waals surface area contributed by atoms with Gasteiger partial charge in [0.1, 0.15) is 60.4 Å². The van der Waals surface area contributed by atoms with E-state index < -0.39 is 143 Å². The zero-order chi connectivity index (χ0) is 82.0. The van der Waals surface area contributed by atoms with Crippen LogP contribution in [0, 0.1) is 41.4 Å². The van der Waals surface area contributed by atoms with Crippen LogP contribution in [-0.4, -0.2) is 181 Å². The number of primary amides is 1. The topological polar surface area (TPSA) is 495 Å². The molecule has 620 valence electrons. The molecule has 1 aromatic carbocycles. The Morgan fingerprint density at radius 3 is 0.954 bits per heavy atom. The maximum absolute atomic E-state index is 15.2. The van der Waals surface area contributed by atoms with Crippen molar-refractivity contribution in [1.82, 2.24) is 68.8 Å². The molecule has 0 unspecified atom stereocenters. The van der Waals surface area contributed by atoms with Crippen molar-refractivity contribution in [3.63, 3.8) is 0 Å². The second-order valence-corrected chi connectivity index (χ2v) is 32.5. The van der Waals surface area contributed by atoms with Gasteiger partial charge < -0.3 is 97.5 Å². The van der Waals surface area contributed by atoms with Crippen molar-refractivity contribution in [1.29, 1.82) is 0 Å². The molecule has 0 saturated heterocycles. The molecule has 1 aromatic heterocycles. The molecule has 0 aliphatic carbocycles. The second kappa shape index (κ2) is 52.4. The summed E-state index contributed by atoms with van der Waals surface area (Å²) in [5.74, 6) is -8.08. The molecule has 12 amide bonds. The molecule has 0 radical (unpaired) electrons. The van der Waals surface area contributed by atoms with E-state index in [9.17, 15) is 47.9 Å². The Labute approximate surface area is 648 Å². The minimum absolute atomic E-state index is 0.00932. The third-order valence-electron chi connectivity index (χ3n) is 18.6. The van der Waals surface area contributed by atoms with Crippen molar-refractivity contribution in [3.05, 3.63) is 36.0 Å². The van der Waals surface area contributed by atoms with Gasteiger partial charge in [-0.05, 0) is 195 Å². The second-order valence-electron chi connectivity index (χ2n) is 32.5. The minimum Gasteiger partial charge on any atom is -0.368 e. The first-order chi connectivity index (χ1) is 51.4. The summed E-state index contributed by atoms with van der Waals surface area (Å²) in [6.45, 7) is 29.4. The van der Waals surface area contributed by atoms with Crippen molar-refractivity contribution in [2.24, 2.45) is 70.1 Å². The predicted molar refractivity (Wildman–Crippen MR) is 428 cm³/mol. The molecule has 0 bridgehead atoms. The summed E-state index contributed by atoms with van der Waals surface area (Å²) in [6.07, 6.45) is 8.60. The fourth-order valence-electron chi connectivity index (χ4n) is 13.0. The molecule has 1 heterocycles. The Morgan fingerprint density at radius 1 is 0.330 bits per heavy atom. The van der Waals surface area contributed by atoms with Gasteiger partial charge in [0.05, 0.1) is 6.04 Å². The van der Waals surface area contributed by atoms with Crippen LogP contribution in [0.3, 0.4) is 0 Å². The van der Waals surface area contributed by atoms with E-state index in [4.69, 9.17) is 28.7 Å². The lowest BCUT2D eigenvalue weighted by Gasteiger charge is -2.30. The van der Waals surface area contributed by atoms with Crippen LogP contribution in [0.2, 0.25) is 0 Å². The number of unbranched alkanes of at least 4 members (excludes halogenated alkanes) is 4. The number of aromatic amines is 1. The lowest BCUT2D eigenvalue weighted by atomic mass is 9.98. The van der Waals surface area contributed by atoms with Crippen molar-refractivity contribution in [3.8, 4) is 0 Å². The summed E-state index contributed by atoms with van der Waals surface area (Å²) >= 11 is 0. The highest BCUT2D eigenvalue weighted by Crippen LogP contribution is 2.22. The van der Waals surface area contributed by atoms with Crippen molar-refractivity contribution >= 4 is 81.8 Å². The van der Waals surface area contributed by atoms with Crippen LogP contribution in [0.4, 0.5) is 0 Å². The van der Waals surface area contributed by atoms with Gasteiger partial charge >= 0.3 is 0 Å². The van der Waals surface area contributed by atoms with Crippen LogP contribution in [0.25, 0.3) is 10.9 Å². The molecule has 0 aliphatic heterocycles. The summed E-state index contributed by atoms with van der Waals surface area (Å²) < 4.78 is 0. The summed E-state index contributed by atoms with van der Waals surface area (Å²) in [6, 6.07) is -5.34. The fourth-order valence-corrected chi connectivity index (χ4v) is 13.0. The Morgan fingerprint density at radius 2 is 0.606 bits per heavy atom. The number of para-hydroxylation sites is 1. The van der Waals surface area contributed by atoms with Crippen LogP contribution in [0.1, 0.15) is 231 Å². The minimum atomic E-state index is -1.33. The molecule has 30 nitrogen and oxygen atoms in total. The highest BCUT2D eigenvalue weighted by molar-refractivity contribution is 5.99. The monoisotopic (exact) mass is 1540 g/mol. The Kier molecular flexibility index (Phi) is 46.7. The van der Waals surface area contributed by atoms with Crippen LogP contribution in [-0.2, 0) is 64.0 Å². The average molecular weight is 1540 g/mol. The number of nitrogens with two attached hydrogens (primary N) is 5. The Hall–Kier alpha value is -7.80. The first-order valence-electron chi connectivity index (χ1n) is 40.1. The molecular formula is C79H142N18O12. The van der Waals surface area contributed by atoms with Gasteiger partial charge in [0.25, 0.3) is 0 Å². The number of H-pyrrole nitrogens is 1. The SMILES string of the molecule is CC(=O)N[C@@H](CCCCN)C(=O)N[C@@H](CC(C)C)C(=O)N[C@@H](CC(C)C)C(=O)N[C@@H](CC(C)C)C(=O)N[C@@H](CCCCN)C(=O)N[C@@H](CC(C)C)C(=O)N[C@@H](Cc1c[nH]c2ccccc12)C(=O)N[C@@H](CC(C)C)C(=O)N[C@@H](CCCCN)CN[C@@H](CC(C)C)C(=O)N[C@@H](CC(C)C)C(=O)N[C@@H](CCCCN)C(N)=O. The van der Waals surface area contributed by atoms with Gasteiger partial charge in [-0.1, -0.05) is 122 Å². The number of amides is 12. The van der Waals surface area contributed by atoms with E-state index in [0.29, 0.717) is 102 Å². The highest BCUT2D eigenvalue weighted by Gasteiger charge is 2.38. The van der Waals surface area contributed by atoms with E-state index in [2.05, 4.69) is 68.8 Å². The maximum Gasteiger partial charge on any atom is 0.243 e. The molecule has 109 heavy (non-hydrogen) atoms. The number of carbonyl (C=O) groups is 12. The molecule has 12 atom stereocenters. The predicted octanol–water partition coefficient (Wildman–Crippen LogP) is 3.35. The summed E-state index contributed by atoms with van der Waals surface area (Å²) in [4.78, 5) is 173. The Bertz CT molecular complexity index is 3120. The van der Waals surface area contributed by atoms with Gasteiger partial charge in [-0.15, -0.1) is 0 Å². The number of fused-ring (bicyclic) bond motifs is 1. The van der Waals surface area contributed by atoms with Gasteiger partial charge in [0, 0.05) is 43.0 Å². The first-order valence-corrected chi connectivity index (χ1v) is 40.1. The van der Waals surface area contributed by atoms with E-state index >= 15 is 9.59 Å². The standard InChI is InChI=1S/C79H142N18O12/c1-46(2)36-61(72(102)93-63(38-48(5)6)74(104)89-58(69(84)99)29-19-23-33-81)86-45-55(26-18-22-32-80)88-73(103)62(37-47(3)4)94-79(109)68(43-54-44-85-57-28-17-16-27-56(54)57)97-78(108)66(41-51(11)12)92-71(101)60(31-21-25-35-83)90-75(105)64(39-49(7)8)95-77(107)67(42-52(13)14)96-76(106)65(40-50(9)10)91-70(100)59(87-53(15)98)30-20-24-34-82/h16-17,27-28,44,46-52,55,58-68,85-86H,18-26,29-43,45,80-83H2,1-15H3,(H2,84,99)(H,87,98)(H,88,103)(H,89,104)(H,90,105)(H,91,100)(H,92,101)(H,93,102)(H,94,109)(H,95,107)(H,96,106)(H,97,108)/t55-,58-,59-,60-,61-,62-,63-,64-,65-,66-,67-,68-/m0/s1. The maximum atomic E-state index is 15.2. The Balaban J connectivity index is 2.62. The van der Waals surface area contributed by atoms with Gasteiger partial charge in [-0.25, -0.2) is 0 Å². The quantitative estimate of drug-likeness (QED) is 0.0422. The number of hydrogen-bond acceptors (Lipinski definition) is 17. The normalized spacial score (nSPS) is 15.0. The number of nitrogens with one attached hydrogen (secondary N) is 13. The van der Waals surface area contributed by atoms with Crippen LogP contribution < -0.4 is 92.5 Å². The molecule has 0 spiro atoms. The highest BCUT2D eigenvalue weighted by atomic mass is 16.2. The van der Waals surface area contributed by atoms with Gasteiger partial charge in [0.15, 0.2) is 0 Å². The van der Waals surface area contributed by atoms with Crippen LogP contribution >= 0.6 is 0 Å². The lowest BCUT2D eigenvalue weighted by Crippen LogP contribution is -2.61. The van der Waals surface area contributed by atoms with E-state index in [1.807, 2.05) is 121 Å². The molecule has 0 saturated carbocycles. The zero-order valence-electron chi connectivity index (χ0n) is 68.3. The summed E-state index contributed by atoms with van der Waals surface area (Å²) in [5, 5.41) is 35.9. The van der Waals surface area contributed by atoms with Gasteiger partial charge in [0.2, 0.25) is 70.9 Å². The van der Waals surface area contributed by atoms with E-state index in [0.717, 1.165) is 10.9 Å². The molecule has 2 rings (SSSR count). The average Bonchev–Trinajstić information content (AvgIpc) is 1.74. The molecule has 0 fully saturated rings. The third kappa shape index (κ3) is 39.1. The number of aromatic nitrogens is 1. The first kappa shape index (κ1) is 97.3. The molecule has 2 aromatic rings. The van der Waals surface area contributed by atoms with Gasteiger partial charge in [-0.2, -0.15) is 0 Å². The van der Waals surface area contributed by atoms with E-state index in [-0.39, 0.29) is 106 Å². The van der Waals surface area contributed by atoms with E-state index in [1.54, 1.807) is 6.20 Å². The van der Waals surface area contributed by atoms with Crippen molar-refractivity contribution in [2.45, 2.75) is 305 Å². The molecule has 30 heteroatoms. The third-order valence-corrected chi connectivity index (χ3v) is 18.6. The van der Waals surface area contributed by atoms with Crippen molar-refractivity contribution in [2.75, 3.05) is 32.7 Å². The largest absolute Gasteiger partial charge is 0.368 e. The van der Waals surface area contributed by atoms with E-state index in [1.165, 1.54) is 6.92 Å². The number of carbonyl (C=O) groups excluding carboxylic acids is 12. The fraction of sp³-hybridized carbons (Fsp3) is 0.747. The molecular weight excluding hydrogens is 1390 g/mol. The molecule has 23 N–H and O–H groups in total. The number of benzene rings is 1. The van der Waals surface area contributed by atoms with Crippen molar-refractivity contribution < 1.29 is 57.5 Å². The summed E-state index contributed by atoms with van der Waals surface area (Å²) in [7, 11) is 0. The van der Waals surface area contributed by atoms with Gasteiger partial charge in [-0.3, -0.25) is 57.5 Å². The lowest BCUT2D eigenvalue weighted by molar-refractivity contribution is -0.136. The summed E-state index contributed by atoms with van der Waals surface area (Å²) in [5.41, 5.74) is 30.4. The van der Waals surface area contributed by atoms with Crippen LogP contribution in [0.15, 0.2) is 30.5 Å². The number of rotatable bonds is 57. The zero-order valence-corrected chi connectivity index (χ0v) is 68.3. The molecule has 0 aliphatic rings.